The van der Waals surface area contributed by atoms with E-state index < -0.39 is 30.3 Å². The molecule has 7 heteroatoms. The number of hydrogen-bond donors (Lipinski definition) is 1. The summed E-state index contributed by atoms with van der Waals surface area (Å²) in [6, 6.07) is 12.0. The van der Waals surface area contributed by atoms with Gasteiger partial charge >= 0.3 is 5.97 Å². The van der Waals surface area contributed by atoms with Crippen molar-refractivity contribution in [3.05, 3.63) is 64.9 Å². The fourth-order valence-corrected chi connectivity index (χ4v) is 2.59. The molecule has 5 nitrogen and oxygen atoms in total. The summed E-state index contributed by atoms with van der Waals surface area (Å²) in [5, 5.41) is 3.10. The number of nitrogens with one attached hydrogen (secondary N) is 1. The minimum absolute atomic E-state index is 0.0256. The molecule has 1 amide bonds. The fourth-order valence-electron chi connectivity index (χ4n) is 2.32. The smallest absolute Gasteiger partial charge is 0.308 e. The minimum Gasteiger partial charge on any atom is -0.481 e. The summed E-state index contributed by atoms with van der Waals surface area (Å²) in [6.45, 7) is 1.53. The van der Waals surface area contributed by atoms with E-state index in [1.807, 2.05) is 0 Å². The van der Waals surface area contributed by atoms with Crippen LogP contribution in [0.25, 0.3) is 0 Å². The summed E-state index contributed by atoms with van der Waals surface area (Å²) in [5.74, 6) is -1.56. The Labute approximate surface area is 156 Å². The highest BCUT2D eigenvalue weighted by Crippen LogP contribution is 2.25. The van der Waals surface area contributed by atoms with Gasteiger partial charge in [0.1, 0.15) is 0 Å². The van der Waals surface area contributed by atoms with Gasteiger partial charge in [-0.25, -0.2) is 4.39 Å². The van der Waals surface area contributed by atoms with Crippen molar-refractivity contribution in [3.63, 3.8) is 0 Å². The molecule has 2 aromatic carbocycles. The Bertz CT molecular complexity index is 769. The van der Waals surface area contributed by atoms with Crippen LogP contribution in [0.3, 0.4) is 0 Å². The average Bonchev–Trinajstić information content (AvgIpc) is 2.61. The van der Waals surface area contributed by atoms with Gasteiger partial charge in [0, 0.05) is 5.02 Å². The summed E-state index contributed by atoms with van der Waals surface area (Å²) >= 11 is 6.17. The second kappa shape index (κ2) is 9.77. The Morgan fingerprint density at radius 2 is 1.85 bits per heavy atom. The topological polar surface area (TPSA) is 64.6 Å². The molecule has 0 saturated heterocycles. The zero-order valence-electron chi connectivity index (χ0n) is 14.2. The third-order valence-corrected chi connectivity index (χ3v) is 3.83. The zero-order valence-corrected chi connectivity index (χ0v) is 15.0. The van der Waals surface area contributed by atoms with E-state index in [1.165, 1.54) is 18.2 Å². The second-order valence-corrected chi connectivity index (χ2v) is 5.78. The third kappa shape index (κ3) is 5.74. The van der Waals surface area contributed by atoms with Crippen LogP contribution in [0.4, 0.5) is 4.39 Å². The van der Waals surface area contributed by atoms with Gasteiger partial charge in [-0.15, -0.1) is 0 Å². The maximum Gasteiger partial charge on any atom is 0.308 e. The molecule has 2 rings (SSSR count). The van der Waals surface area contributed by atoms with Crippen LogP contribution in [0, 0.1) is 5.82 Å². The lowest BCUT2D eigenvalue weighted by atomic mass is 10.0. The maximum atomic E-state index is 13.5. The number of rotatable bonds is 8. The van der Waals surface area contributed by atoms with Gasteiger partial charge in [-0.1, -0.05) is 41.9 Å². The Kier molecular flexibility index (Phi) is 7.41. The van der Waals surface area contributed by atoms with Crippen molar-refractivity contribution in [2.45, 2.75) is 19.4 Å². The molecule has 0 aliphatic carbocycles. The van der Waals surface area contributed by atoms with Gasteiger partial charge in [-0.05, 0) is 30.7 Å². The van der Waals surface area contributed by atoms with Crippen LogP contribution in [0.15, 0.2) is 48.5 Å². The highest BCUT2D eigenvalue weighted by atomic mass is 35.5. The Morgan fingerprint density at radius 3 is 2.54 bits per heavy atom. The van der Waals surface area contributed by atoms with Crippen molar-refractivity contribution in [1.82, 2.24) is 5.32 Å². The summed E-state index contributed by atoms with van der Waals surface area (Å²) in [6.07, 6.45) is -0.0803. The molecule has 26 heavy (non-hydrogen) atoms. The van der Waals surface area contributed by atoms with Crippen LogP contribution in [-0.2, 0) is 14.3 Å². The number of ether oxygens (including phenoxy) is 2. The average molecular weight is 380 g/mol. The second-order valence-electron chi connectivity index (χ2n) is 5.37. The van der Waals surface area contributed by atoms with E-state index in [9.17, 15) is 14.0 Å². The van der Waals surface area contributed by atoms with Crippen LogP contribution in [0.5, 0.6) is 5.75 Å². The third-order valence-electron chi connectivity index (χ3n) is 3.49. The van der Waals surface area contributed by atoms with Gasteiger partial charge in [-0.3, -0.25) is 9.59 Å². The number of esters is 1. The first-order valence-electron chi connectivity index (χ1n) is 8.08. The molecule has 0 radical (unpaired) electrons. The summed E-state index contributed by atoms with van der Waals surface area (Å²) in [7, 11) is 0. The zero-order chi connectivity index (χ0) is 18.9. The lowest BCUT2D eigenvalue weighted by molar-refractivity contribution is -0.143. The van der Waals surface area contributed by atoms with Crippen LogP contribution in [0.1, 0.15) is 24.9 Å². The van der Waals surface area contributed by atoms with Crippen molar-refractivity contribution in [2.24, 2.45) is 0 Å². The largest absolute Gasteiger partial charge is 0.481 e. The highest BCUT2D eigenvalue weighted by Gasteiger charge is 2.21. The molecule has 0 aromatic heterocycles. The van der Waals surface area contributed by atoms with Crippen molar-refractivity contribution >= 4 is 23.5 Å². The minimum atomic E-state index is -0.681. The van der Waals surface area contributed by atoms with E-state index in [-0.39, 0.29) is 18.8 Å². The van der Waals surface area contributed by atoms with E-state index in [1.54, 1.807) is 37.3 Å². The monoisotopic (exact) mass is 379 g/mol. The molecule has 0 fully saturated rings. The summed E-state index contributed by atoms with van der Waals surface area (Å²) in [4.78, 5) is 24.1. The quantitative estimate of drug-likeness (QED) is 0.711. The lowest BCUT2D eigenvalue weighted by Crippen LogP contribution is -2.34. The van der Waals surface area contributed by atoms with Crippen LogP contribution < -0.4 is 10.1 Å². The van der Waals surface area contributed by atoms with Crippen molar-refractivity contribution < 1.29 is 23.5 Å². The number of halogens is 2. The molecule has 1 N–H and O–H groups in total. The number of hydrogen-bond acceptors (Lipinski definition) is 4. The molecular formula is C19H19ClFNO4. The molecular weight excluding hydrogens is 361 g/mol. The van der Waals surface area contributed by atoms with Crippen LogP contribution >= 0.6 is 11.6 Å². The molecule has 1 atom stereocenters. The van der Waals surface area contributed by atoms with E-state index in [0.717, 1.165) is 0 Å². The number of benzene rings is 2. The number of para-hydroxylation sites is 1. The molecule has 0 saturated carbocycles. The number of carbonyl (C=O) groups excluding carboxylic acids is 2. The van der Waals surface area contributed by atoms with Crippen molar-refractivity contribution in [1.29, 1.82) is 0 Å². The predicted molar refractivity (Wildman–Crippen MR) is 95.5 cm³/mol. The molecule has 2 aromatic rings. The maximum absolute atomic E-state index is 13.5. The summed E-state index contributed by atoms with van der Waals surface area (Å²) < 4.78 is 23.7. The molecule has 138 valence electrons. The van der Waals surface area contributed by atoms with Gasteiger partial charge in [0.2, 0.25) is 0 Å². The molecule has 0 unspecified atom stereocenters. The lowest BCUT2D eigenvalue weighted by Gasteiger charge is -2.20. The SMILES string of the molecule is CCOC(=O)C[C@H](NC(=O)COc1ccccc1F)c1ccccc1Cl. The van der Waals surface area contributed by atoms with E-state index in [2.05, 4.69) is 5.32 Å². The van der Waals surface area contributed by atoms with Gasteiger partial charge in [0.25, 0.3) is 5.91 Å². The Morgan fingerprint density at radius 1 is 1.15 bits per heavy atom. The van der Waals surface area contributed by atoms with E-state index >= 15 is 0 Å². The Hall–Kier alpha value is -2.60. The first-order valence-corrected chi connectivity index (χ1v) is 8.45. The van der Waals surface area contributed by atoms with E-state index in [4.69, 9.17) is 21.1 Å². The Balaban J connectivity index is 2.05. The van der Waals surface area contributed by atoms with Crippen LogP contribution in [-0.4, -0.2) is 25.1 Å². The standard InChI is InChI=1S/C19H19ClFNO4/c1-2-25-19(24)11-16(13-7-3-4-8-14(13)20)22-18(23)12-26-17-10-6-5-9-15(17)21/h3-10,16H,2,11-12H2,1H3,(H,22,23)/t16-/m0/s1. The first kappa shape index (κ1) is 19.7. The van der Waals surface area contributed by atoms with E-state index in [0.29, 0.717) is 10.6 Å². The van der Waals surface area contributed by atoms with Gasteiger partial charge in [0.05, 0.1) is 19.1 Å². The molecule has 0 spiro atoms. The summed E-state index contributed by atoms with van der Waals surface area (Å²) in [5.41, 5.74) is 0.585. The molecule has 0 heterocycles. The first-order chi connectivity index (χ1) is 12.5. The van der Waals surface area contributed by atoms with Gasteiger partial charge < -0.3 is 14.8 Å². The number of carbonyl (C=O) groups is 2. The molecule has 0 bridgehead atoms. The van der Waals surface area contributed by atoms with Gasteiger partial charge in [0.15, 0.2) is 18.2 Å². The molecule has 0 aliphatic heterocycles. The highest BCUT2D eigenvalue weighted by molar-refractivity contribution is 6.31. The predicted octanol–water partition coefficient (Wildman–Crippen LogP) is 3.67. The van der Waals surface area contributed by atoms with Gasteiger partial charge in [-0.2, -0.15) is 0 Å². The van der Waals surface area contributed by atoms with Crippen molar-refractivity contribution in [3.8, 4) is 5.75 Å². The van der Waals surface area contributed by atoms with Crippen LogP contribution in [0.2, 0.25) is 5.02 Å². The number of amides is 1. The fraction of sp³-hybridized carbons (Fsp3) is 0.263. The van der Waals surface area contributed by atoms with Crippen molar-refractivity contribution in [2.75, 3.05) is 13.2 Å². The molecule has 0 aliphatic rings. The normalized spacial score (nSPS) is 11.5.